The Morgan fingerprint density at radius 2 is 0.909 bits per heavy atom. The summed E-state index contributed by atoms with van der Waals surface area (Å²) < 4.78 is 2.69. The standard InChI is InChI=1S/C54H40S/c1-53(2)46-24-14-11-21-38(46)43-31-33(27-30-48(43)53)34-17-7-5-6-8-18-37(36-20-10-9-19-35(34)36)44-32-45-40(28-29-41-39-22-13-16-26-49(39)55-52(41)45)50-42-23-12-15-25-47(42)54(3,4)51(44)50/h5-32H,1-4H3. The third-order valence-electron chi connectivity index (χ3n) is 12.7. The molecular weight excluding hydrogens is 681 g/mol. The van der Waals surface area contributed by atoms with Gasteiger partial charge in [0.25, 0.3) is 0 Å². The van der Waals surface area contributed by atoms with Crippen molar-refractivity contribution in [1.29, 1.82) is 0 Å². The minimum absolute atomic E-state index is 0.0334. The summed E-state index contributed by atoms with van der Waals surface area (Å²) in [6.45, 7) is 9.56. The molecule has 0 N–H and O–H groups in total. The van der Waals surface area contributed by atoms with Gasteiger partial charge in [0.2, 0.25) is 0 Å². The number of fused-ring (bicyclic) bond motifs is 13. The Morgan fingerprint density at radius 3 is 1.69 bits per heavy atom. The Hall–Kier alpha value is -6.02. The first kappa shape index (κ1) is 32.4. The molecule has 0 saturated carbocycles. The van der Waals surface area contributed by atoms with Crippen LogP contribution in [0.1, 0.15) is 49.9 Å². The molecule has 0 aliphatic heterocycles. The van der Waals surface area contributed by atoms with Crippen molar-refractivity contribution in [2.75, 3.05) is 0 Å². The SMILES string of the molecule is CC1(C)c2ccccc2-c2cc(-c3ccccccc(-c4cc5c(ccc6c7ccccc7sc56)c5c4C(C)(C)c4ccccc4-5)c4ccccc34)ccc21. The maximum atomic E-state index is 2.54. The predicted octanol–water partition coefficient (Wildman–Crippen LogP) is 15.4. The summed E-state index contributed by atoms with van der Waals surface area (Å²) >= 11 is 1.92. The smallest absolute Gasteiger partial charge is 0.0434 e. The minimum Gasteiger partial charge on any atom is -0.135 e. The van der Waals surface area contributed by atoms with Gasteiger partial charge in [0.05, 0.1) is 0 Å². The molecule has 0 atom stereocenters. The molecule has 2 aliphatic carbocycles. The zero-order valence-corrected chi connectivity index (χ0v) is 32.4. The molecule has 8 aromatic carbocycles. The van der Waals surface area contributed by atoms with Gasteiger partial charge in [-0.05, 0) is 101 Å². The lowest BCUT2D eigenvalue weighted by molar-refractivity contribution is 0.660. The van der Waals surface area contributed by atoms with Crippen molar-refractivity contribution in [2.45, 2.75) is 38.5 Å². The van der Waals surface area contributed by atoms with Gasteiger partial charge in [-0.3, -0.25) is 0 Å². The summed E-state index contributed by atoms with van der Waals surface area (Å²) in [4.78, 5) is 0. The quantitative estimate of drug-likeness (QED) is 0.167. The summed E-state index contributed by atoms with van der Waals surface area (Å²) in [5, 5.41) is 7.81. The number of benzene rings is 7. The molecule has 0 spiro atoms. The first-order valence-electron chi connectivity index (χ1n) is 19.4. The van der Waals surface area contributed by atoms with Crippen LogP contribution in [0.15, 0.2) is 170 Å². The fourth-order valence-electron chi connectivity index (χ4n) is 10.1. The second kappa shape index (κ2) is 11.7. The Labute approximate surface area is 326 Å². The van der Waals surface area contributed by atoms with Gasteiger partial charge in [0.15, 0.2) is 0 Å². The van der Waals surface area contributed by atoms with Gasteiger partial charge in [-0.15, -0.1) is 11.3 Å². The van der Waals surface area contributed by atoms with Crippen LogP contribution in [0.4, 0.5) is 0 Å². The van der Waals surface area contributed by atoms with E-state index in [1.807, 2.05) is 11.3 Å². The summed E-state index contributed by atoms with van der Waals surface area (Å²) in [5.41, 5.74) is 15.8. The molecule has 1 heteroatoms. The predicted molar refractivity (Wildman–Crippen MR) is 238 cm³/mol. The van der Waals surface area contributed by atoms with Gasteiger partial charge in [-0.2, -0.15) is 0 Å². The fourth-order valence-corrected chi connectivity index (χ4v) is 11.3. The molecule has 0 unspecified atom stereocenters. The van der Waals surface area contributed by atoms with E-state index in [1.54, 1.807) is 0 Å². The van der Waals surface area contributed by atoms with Crippen LogP contribution in [0.2, 0.25) is 0 Å². The highest BCUT2D eigenvalue weighted by Gasteiger charge is 2.39. The van der Waals surface area contributed by atoms with E-state index in [2.05, 4.69) is 198 Å². The maximum Gasteiger partial charge on any atom is 0.0434 e. The Balaban J connectivity index is 1.26. The van der Waals surface area contributed by atoms with Gasteiger partial charge in [0.1, 0.15) is 0 Å². The van der Waals surface area contributed by atoms with Crippen molar-refractivity contribution in [3.8, 4) is 44.5 Å². The van der Waals surface area contributed by atoms with Crippen molar-refractivity contribution in [3.05, 3.63) is 192 Å². The zero-order chi connectivity index (χ0) is 37.1. The van der Waals surface area contributed by atoms with Crippen molar-refractivity contribution >= 4 is 53.1 Å². The number of rotatable bonds is 2. The molecule has 9 aromatic rings. The van der Waals surface area contributed by atoms with E-state index in [0.717, 1.165) is 0 Å². The molecule has 262 valence electrons. The van der Waals surface area contributed by atoms with Crippen LogP contribution in [0.25, 0.3) is 86.2 Å². The van der Waals surface area contributed by atoms with Crippen LogP contribution in [0, 0.1) is 0 Å². The first-order valence-corrected chi connectivity index (χ1v) is 20.3. The molecule has 0 saturated heterocycles. The molecule has 0 fully saturated rings. The lowest BCUT2D eigenvalue weighted by Gasteiger charge is -2.26. The van der Waals surface area contributed by atoms with Crippen molar-refractivity contribution in [3.63, 3.8) is 0 Å². The molecule has 0 amide bonds. The molecule has 55 heavy (non-hydrogen) atoms. The lowest BCUT2D eigenvalue weighted by atomic mass is 9.77. The second-order valence-electron chi connectivity index (χ2n) is 16.4. The van der Waals surface area contributed by atoms with Crippen LogP contribution < -0.4 is 0 Å². The topological polar surface area (TPSA) is 0 Å². The van der Waals surface area contributed by atoms with Gasteiger partial charge in [-0.1, -0.05) is 179 Å². The van der Waals surface area contributed by atoms with Gasteiger partial charge in [-0.25, -0.2) is 0 Å². The van der Waals surface area contributed by atoms with Gasteiger partial charge >= 0.3 is 0 Å². The second-order valence-corrected chi connectivity index (χ2v) is 17.4. The Bertz CT molecular complexity index is 3150. The summed E-state index contributed by atoms with van der Waals surface area (Å²) in [6, 6.07) is 63.9. The van der Waals surface area contributed by atoms with Crippen LogP contribution in [-0.4, -0.2) is 0 Å². The normalized spacial score (nSPS) is 14.5. The largest absolute Gasteiger partial charge is 0.135 e. The highest BCUT2D eigenvalue weighted by atomic mass is 32.1. The van der Waals surface area contributed by atoms with E-state index in [9.17, 15) is 0 Å². The monoisotopic (exact) mass is 720 g/mol. The van der Waals surface area contributed by atoms with E-state index in [0.29, 0.717) is 0 Å². The molecular formula is C54H40S. The molecule has 11 rings (SSSR count). The summed E-state index contributed by atoms with van der Waals surface area (Å²) in [5.74, 6) is 0. The van der Waals surface area contributed by atoms with Crippen molar-refractivity contribution in [2.24, 2.45) is 0 Å². The molecule has 1 heterocycles. The van der Waals surface area contributed by atoms with E-state index in [-0.39, 0.29) is 10.8 Å². The first-order chi connectivity index (χ1) is 26.8. The average molecular weight is 721 g/mol. The van der Waals surface area contributed by atoms with Gasteiger partial charge in [0, 0.05) is 36.4 Å². The Morgan fingerprint density at radius 1 is 0.345 bits per heavy atom. The van der Waals surface area contributed by atoms with E-state index < -0.39 is 0 Å². The molecule has 0 bridgehead atoms. The van der Waals surface area contributed by atoms with Crippen LogP contribution in [0.5, 0.6) is 0 Å². The van der Waals surface area contributed by atoms with Crippen molar-refractivity contribution < 1.29 is 0 Å². The van der Waals surface area contributed by atoms with Crippen molar-refractivity contribution in [1.82, 2.24) is 0 Å². The average Bonchev–Trinajstić information content (AvgIpc) is 3.79. The highest BCUT2D eigenvalue weighted by Crippen LogP contribution is 2.57. The highest BCUT2D eigenvalue weighted by molar-refractivity contribution is 7.26. The van der Waals surface area contributed by atoms with Crippen LogP contribution >= 0.6 is 11.3 Å². The third-order valence-corrected chi connectivity index (χ3v) is 13.9. The number of hydrogen-bond donors (Lipinski definition) is 0. The van der Waals surface area contributed by atoms with E-state index in [4.69, 9.17) is 0 Å². The number of thiophene rings is 1. The molecule has 0 radical (unpaired) electrons. The van der Waals surface area contributed by atoms with E-state index >= 15 is 0 Å². The van der Waals surface area contributed by atoms with Crippen LogP contribution in [0.3, 0.4) is 0 Å². The summed E-state index contributed by atoms with van der Waals surface area (Å²) in [6.07, 6.45) is 0. The van der Waals surface area contributed by atoms with Gasteiger partial charge < -0.3 is 0 Å². The lowest BCUT2D eigenvalue weighted by Crippen LogP contribution is -2.16. The fraction of sp³-hybridized carbons (Fsp3) is 0.111. The third kappa shape index (κ3) is 4.57. The van der Waals surface area contributed by atoms with Crippen LogP contribution in [-0.2, 0) is 10.8 Å². The molecule has 2 aliphatic rings. The maximum absolute atomic E-state index is 2.54. The Kier molecular flexibility index (Phi) is 6.92. The zero-order valence-electron chi connectivity index (χ0n) is 31.6. The minimum atomic E-state index is -0.196. The summed E-state index contributed by atoms with van der Waals surface area (Å²) in [7, 11) is 0. The van der Waals surface area contributed by atoms with E-state index in [1.165, 1.54) is 108 Å². The molecule has 0 nitrogen and oxygen atoms in total. The molecule has 1 aromatic heterocycles. The number of hydrogen-bond acceptors (Lipinski definition) is 1.